The second-order valence-corrected chi connectivity index (χ2v) is 8.70. The van der Waals surface area contributed by atoms with Crippen LogP contribution < -0.4 is 10.5 Å². The number of methoxy groups -OCH3 is 1. The number of benzene rings is 1. The number of aliphatic imine (C=N–C) groups is 1. The number of rotatable bonds is 2. The summed E-state index contributed by atoms with van der Waals surface area (Å²) in [6.07, 6.45) is 6.54. The molecule has 1 saturated carbocycles. The monoisotopic (exact) mass is 427 g/mol. The van der Waals surface area contributed by atoms with Crippen molar-refractivity contribution in [2.45, 2.75) is 49.9 Å². The Labute approximate surface area is 179 Å². The smallest absolute Gasteiger partial charge is 0.163 e. The van der Waals surface area contributed by atoms with Crippen molar-refractivity contribution in [3.05, 3.63) is 58.6 Å². The van der Waals surface area contributed by atoms with E-state index in [1.165, 1.54) is 6.08 Å². The Morgan fingerprint density at radius 3 is 2.63 bits per heavy atom. The van der Waals surface area contributed by atoms with Crippen LogP contribution in [-0.2, 0) is 10.3 Å². The number of amidine groups is 1. The average Bonchev–Trinajstić information content (AvgIpc) is 3.18. The number of aromatic nitrogens is 1. The van der Waals surface area contributed by atoms with Gasteiger partial charge >= 0.3 is 0 Å². The van der Waals surface area contributed by atoms with Crippen molar-refractivity contribution in [1.29, 1.82) is 0 Å². The van der Waals surface area contributed by atoms with Gasteiger partial charge in [-0.1, -0.05) is 17.7 Å². The van der Waals surface area contributed by atoms with E-state index in [9.17, 15) is 4.39 Å². The van der Waals surface area contributed by atoms with Crippen molar-refractivity contribution in [2.24, 2.45) is 10.7 Å². The van der Waals surface area contributed by atoms with Gasteiger partial charge in [-0.25, -0.2) is 9.38 Å². The molecule has 2 N–H and O–H groups in total. The lowest BCUT2D eigenvalue weighted by Crippen LogP contribution is -2.52. The standard InChI is InChI=1S/C23H23ClFN3O2/c1-13-18(24)10-15(12-27-13)14-3-4-20-17(9-14)23(11-19(25)21(26)28-23)22(30-20)7-5-16(29-2)6-8-22/h3-4,9-12,16H,5-8H2,1-2H3,(H2,26,28). The van der Waals surface area contributed by atoms with Crippen LogP contribution in [0.3, 0.4) is 0 Å². The molecule has 0 bridgehead atoms. The lowest BCUT2D eigenvalue weighted by molar-refractivity contribution is -0.0426. The van der Waals surface area contributed by atoms with E-state index in [1.807, 2.05) is 31.2 Å². The van der Waals surface area contributed by atoms with Gasteiger partial charge in [0.2, 0.25) is 0 Å². The topological polar surface area (TPSA) is 69.7 Å². The molecule has 2 aromatic rings. The highest BCUT2D eigenvalue weighted by Gasteiger charge is 2.62. The number of nitrogens with zero attached hydrogens (tertiary/aromatic N) is 2. The summed E-state index contributed by atoms with van der Waals surface area (Å²) < 4.78 is 26.7. The van der Waals surface area contributed by atoms with Crippen molar-refractivity contribution in [2.75, 3.05) is 7.11 Å². The van der Waals surface area contributed by atoms with Crippen molar-refractivity contribution in [3.8, 4) is 16.9 Å². The summed E-state index contributed by atoms with van der Waals surface area (Å²) in [7, 11) is 1.72. The minimum absolute atomic E-state index is 0.0786. The molecule has 3 aliphatic rings. The minimum Gasteiger partial charge on any atom is -0.484 e. The lowest BCUT2D eigenvalue weighted by atomic mass is 9.68. The fraction of sp³-hybridized carbons (Fsp3) is 0.391. The number of halogens is 2. The molecule has 1 aromatic heterocycles. The zero-order valence-corrected chi connectivity index (χ0v) is 17.7. The molecule has 1 aromatic carbocycles. The second-order valence-electron chi connectivity index (χ2n) is 8.29. The second kappa shape index (κ2) is 6.79. The molecule has 1 unspecified atom stereocenters. The molecule has 1 fully saturated rings. The maximum Gasteiger partial charge on any atom is 0.163 e. The summed E-state index contributed by atoms with van der Waals surface area (Å²) in [5, 5.41) is 0.599. The van der Waals surface area contributed by atoms with Gasteiger partial charge in [0, 0.05) is 24.4 Å². The highest BCUT2D eigenvalue weighted by atomic mass is 35.5. The number of hydrogen-bond acceptors (Lipinski definition) is 5. The Balaban J connectivity index is 1.64. The van der Waals surface area contributed by atoms with Crippen LogP contribution in [-0.4, -0.2) is 29.6 Å². The summed E-state index contributed by atoms with van der Waals surface area (Å²) in [5.41, 5.74) is 7.66. The fourth-order valence-electron chi connectivity index (χ4n) is 4.98. The van der Waals surface area contributed by atoms with Crippen LogP contribution in [0.1, 0.15) is 36.9 Å². The van der Waals surface area contributed by atoms with Crippen LogP contribution in [0.5, 0.6) is 5.75 Å². The molecule has 30 heavy (non-hydrogen) atoms. The van der Waals surface area contributed by atoms with Gasteiger partial charge in [-0.2, -0.15) is 0 Å². The third kappa shape index (κ3) is 2.70. The van der Waals surface area contributed by atoms with Gasteiger partial charge in [0.05, 0.1) is 16.8 Å². The number of aryl methyl sites for hydroxylation is 1. The van der Waals surface area contributed by atoms with Crippen LogP contribution in [0.4, 0.5) is 4.39 Å². The molecular weight excluding hydrogens is 405 g/mol. The van der Waals surface area contributed by atoms with Gasteiger partial charge in [0.1, 0.15) is 11.4 Å². The van der Waals surface area contributed by atoms with Gasteiger partial charge < -0.3 is 15.2 Å². The van der Waals surface area contributed by atoms with E-state index in [0.29, 0.717) is 23.6 Å². The Morgan fingerprint density at radius 2 is 2.00 bits per heavy atom. The van der Waals surface area contributed by atoms with Gasteiger partial charge in [-0.05, 0) is 62.4 Å². The fourth-order valence-corrected chi connectivity index (χ4v) is 5.14. The molecule has 5 rings (SSSR count). The van der Waals surface area contributed by atoms with E-state index in [0.717, 1.165) is 35.2 Å². The van der Waals surface area contributed by atoms with Crippen LogP contribution in [0.25, 0.3) is 11.1 Å². The summed E-state index contributed by atoms with van der Waals surface area (Å²) in [5.74, 6) is 0.138. The first-order chi connectivity index (χ1) is 14.4. The maximum atomic E-state index is 14.6. The molecule has 0 saturated heterocycles. The molecule has 7 heteroatoms. The van der Waals surface area contributed by atoms with Gasteiger partial charge in [-0.15, -0.1) is 0 Å². The molecule has 0 radical (unpaired) electrons. The Kier molecular flexibility index (Phi) is 4.42. The van der Waals surface area contributed by atoms with Crippen LogP contribution in [0.15, 0.2) is 47.4 Å². The quantitative estimate of drug-likeness (QED) is 0.743. The zero-order valence-electron chi connectivity index (χ0n) is 16.9. The van der Waals surface area contributed by atoms with Crippen molar-refractivity contribution in [3.63, 3.8) is 0 Å². The summed E-state index contributed by atoms with van der Waals surface area (Å²) >= 11 is 6.29. The van der Waals surface area contributed by atoms with E-state index in [-0.39, 0.29) is 11.9 Å². The molecule has 1 atom stereocenters. The molecule has 1 aliphatic carbocycles. The number of nitrogens with two attached hydrogens (primary N) is 1. The van der Waals surface area contributed by atoms with Crippen LogP contribution in [0.2, 0.25) is 5.02 Å². The Hall–Kier alpha value is -2.44. The highest BCUT2D eigenvalue weighted by Crippen LogP contribution is 2.59. The SMILES string of the molecule is COC1CCC2(CC1)Oc1ccc(-c3cnc(C)c(Cl)c3)cc1C21C=C(F)C(N)=N1. The molecular formula is C23H23ClFN3O2. The summed E-state index contributed by atoms with van der Waals surface area (Å²) in [6.45, 7) is 1.86. The number of hydrogen-bond donors (Lipinski definition) is 1. The molecule has 5 nitrogen and oxygen atoms in total. The lowest BCUT2D eigenvalue weighted by Gasteiger charge is -2.43. The summed E-state index contributed by atoms with van der Waals surface area (Å²) in [4.78, 5) is 9.02. The minimum atomic E-state index is -0.979. The van der Waals surface area contributed by atoms with E-state index in [4.69, 9.17) is 26.8 Å². The first-order valence-corrected chi connectivity index (χ1v) is 10.5. The van der Waals surface area contributed by atoms with E-state index in [1.54, 1.807) is 13.3 Å². The Bertz CT molecular complexity index is 1070. The largest absolute Gasteiger partial charge is 0.484 e. The van der Waals surface area contributed by atoms with Gasteiger partial charge in [0.25, 0.3) is 0 Å². The first-order valence-electron chi connectivity index (χ1n) is 10.1. The number of pyridine rings is 1. The predicted octanol–water partition coefficient (Wildman–Crippen LogP) is 4.85. The van der Waals surface area contributed by atoms with E-state index in [2.05, 4.69) is 9.98 Å². The third-order valence-corrected chi connectivity index (χ3v) is 7.08. The van der Waals surface area contributed by atoms with Crippen molar-refractivity contribution in [1.82, 2.24) is 4.98 Å². The third-order valence-electron chi connectivity index (χ3n) is 6.70. The van der Waals surface area contributed by atoms with E-state index >= 15 is 0 Å². The van der Waals surface area contributed by atoms with Gasteiger partial charge in [0.15, 0.2) is 17.2 Å². The number of fused-ring (bicyclic) bond motifs is 3. The average molecular weight is 428 g/mol. The van der Waals surface area contributed by atoms with E-state index < -0.39 is 17.0 Å². The van der Waals surface area contributed by atoms with Crippen LogP contribution in [0, 0.1) is 6.92 Å². The zero-order chi connectivity index (χ0) is 21.1. The maximum absolute atomic E-state index is 14.6. The molecule has 2 spiro atoms. The molecule has 156 valence electrons. The Morgan fingerprint density at radius 1 is 1.23 bits per heavy atom. The predicted molar refractivity (Wildman–Crippen MR) is 115 cm³/mol. The van der Waals surface area contributed by atoms with Crippen molar-refractivity contribution >= 4 is 17.4 Å². The highest BCUT2D eigenvalue weighted by molar-refractivity contribution is 6.31. The first kappa shape index (κ1) is 19.5. The van der Waals surface area contributed by atoms with Crippen LogP contribution >= 0.6 is 11.6 Å². The molecule has 0 amide bonds. The molecule has 2 aliphatic heterocycles. The van der Waals surface area contributed by atoms with Crippen molar-refractivity contribution < 1.29 is 13.9 Å². The number of ether oxygens (including phenoxy) is 2. The summed E-state index contributed by atoms with van der Waals surface area (Å²) in [6, 6.07) is 7.78. The molecule has 3 heterocycles. The van der Waals surface area contributed by atoms with Gasteiger partial charge in [-0.3, -0.25) is 4.98 Å². The normalized spacial score (nSPS) is 29.7.